The molecule has 6 heteroatoms. The Balaban J connectivity index is 0.00000468. The van der Waals surface area contributed by atoms with Crippen molar-refractivity contribution in [3.8, 4) is 11.5 Å². The molecule has 1 unspecified atom stereocenters. The molecule has 1 fully saturated rings. The van der Waals surface area contributed by atoms with E-state index in [1.165, 1.54) is 54.5 Å². The lowest BCUT2D eigenvalue weighted by molar-refractivity contribution is -0.120. The minimum atomic E-state index is -0.123. The molecule has 1 amide bonds. The molecule has 0 radical (unpaired) electrons. The number of benzene rings is 4. The maximum atomic E-state index is 12.9. The van der Waals surface area contributed by atoms with Crippen LogP contribution in [0, 0.1) is 0 Å². The molecule has 1 aliphatic carbocycles. The number of fused-ring (bicyclic) bond motifs is 1. The van der Waals surface area contributed by atoms with E-state index in [0.717, 1.165) is 62.1 Å². The maximum Gasteiger partial charge on any atom is 0.224 e. The third kappa shape index (κ3) is 8.69. The lowest BCUT2D eigenvalue weighted by Gasteiger charge is -2.50. The SMILES string of the molecule is COc1ccc(CC(=O)NCCCC(CCCN2CCCCC23CCc2cc(OC)ccc2C3)(c2ccccc2)c2ccccc2)cc1.Cl. The summed E-state index contributed by atoms with van der Waals surface area (Å²) >= 11 is 0. The predicted molar refractivity (Wildman–Crippen MR) is 202 cm³/mol. The summed E-state index contributed by atoms with van der Waals surface area (Å²) in [6, 6.07) is 36.6. The van der Waals surface area contributed by atoms with Crippen LogP contribution in [0.5, 0.6) is 11.5 Å². The Labute approximate surface area is 299 Å². The van der Waals surface area contributed by atoms with Gasteiger partial charge in [0.05, 0.1) is 20.6 Å². The first-order chi connectivity index (χ1) is 23.5. The molecule has 1 N–H and O–H groups in total. The lowest BCUT2D eigenvalue weighted by Crippen LogP contribution is -2.55. The smallest absolute Gasteiger partial charge is 0.224 e. The van der Waals surface area contributed by atoms with E-state index in [1.54, 1.807) is 14.2 Å². The first-order valence-electron chi connectivity index (χ1n) is 18.0. The fourth-order valence-electron chi connectivity index (χ4n) is 8.49. The van der Waals surface area contributed by atoms with Crippen LogP contribution in [0.15, 0.2) is 103 Å². The van der Waals surface area contributed by atoms with E-state index in [2.05, 4.69) is 89.1 Å². The molecule has 6 rings (SSSR count). The number of methoxy groups -OCH3 is 2. The number of rotatable bonds is 14. The molecule has 260 valence electrons. The van der Waals surface area contributed by atoms with E-state index < -0.39 is 0 Å². The Morgan fingerprint density at radius 1 is 0.776 bits per heavy atom. The summed E-state index contributed by atoms with van der Waals surface area (Å²) in [5.74, 6) is 1.84. The van der Waals surface area contributed by atoms with Crippen molar-refractivity contribution in [1.82, 2.24) is 10.2 Å². The van der Waals surface area contributed by atoms with Crippen molar-refractivity contribution in [2.75, 3.05) is 33.9 Å². The van der Waals surface area contributed by atoms with Crippen LogP contribution in [0.4, 0.5) is 0 Å². The molecule has 0 aromatic heterocycles. The van der Waals surface area contributed by atoms with Gasteiger partial charge in [-0.05, 0) is 123 Å². The average Bonchev–Trinajstić information content (AvgIpc) is 3.14. The molecule has 2 aliphatic rings. The standard InChI is InChI=1S/C43H52N2O3.ClH/c1-47-39-20-17-34(18-21-39)31-41(46)44-28-11-25-43(37-13-5-3-6-14-37,38-15-7-4-8-16-38)26-12-30-45-29-10-9-24-42(45)27-23-35-32-40(48-2)22-19-36(35)33-42;/h3-8,13-22,32H,9-12,23-31,33H2,1-2H3,(H,44,46);1H. The number of hydrogen-bond acceptors (Lipinski definition) is 4. The summed E-state index contributed by atoms with van der Waals surface area (Å²) in [7, 11) is 3.42. The van der Waals surface area contributed by atoms with Crippen molar-refractivity contribution < 1.29 is 14.3 Å². The zero-order valence-electron chi connectivity index (χ0n) is 29.3. The highest BCUT2D eigenvalue weighted by Crippen LogP contribution is 2.44. The van der Waals surface area contributed by atoms with Crippen LogP contribution < -0.4 is 14.8 Å². The highest BCUT2D eigenvalue weighted by atomic mass is 35.5. The fourth-order valence-corrected chi connectivity index (χ4v) is 8.49. The number of likely N-dealkylation sites (tertiary alicyclic amines) is 1. The molecule has 49 heavy (non-hydrogen) atoms. The van der Waals surface area contributed by atoms with Crippen LogP contribution in [0.2, 0.25) is 0 Å². The second-order valence-electron chi connectivity index (χ2n) is 13.9. The number of carbonyl (C=O) groups excluding carboxylic acids is 1. The van der Waals surface area contributed by atoms with E-state index in [1.807, 2.05) is 24.3 Å². The maximum absolute atomic E-state index is 12.9. The Bertz CT molecular complexity index is 1570. The molecule has 4 aromatic rings. The largest absolute Gasteiger partial charge is 0.497 e. The molecule has 1 heterocycles. The van der Waals surface area contributed by atoms with Crippen molar-refractivity contribution >= 4 is 18.3 Å². The molecule has 4 aromatic carbocycles. The first kappa shape index (κ1) is 36.5. The summed E-state index contributed by atoms with van der Waals surface area (Å²) < 4.78 is 10.8. The van der Waals surface area contributed by atoms with Gasteiger partial charge in [-0.3, -0.25) is 9.69 Å². The van der Waals surface area contributed by atoms with Gasteiger partial charge in [-0.1, -0.05) is 85.3 Å². The van der Waals surface area contributed by atoms with Gasteiger partial charge in [-0.25, -0.2) is 0 Å². The first-order valence-corrected chi connectivity index (χ1v) is 18.0. The number of amides is 1. The predicted octanol–water partition coefficient (Wildman–Crippen LogP) is 8.74. The van der Waals surface area contributed by atoms with Gasteiger partial charge >= 0.3 is 0 Å². The van der Waals surface area contributed by atoms with E-state index >= 15 is 0 Å². The van der Waals surface area contributed by atoms with Crippen LogP contribution in [-0.2, 0) is 29.5 Å². The molecule has 0 saturated carbocycles. The summed E-state index contributed by atoms with van der Waals surface area (Å²) in [5.41, 5.74) is 6.84. The van der Waals surface area contributed by atoms with E-state index in [9.17, 15) is 4.79 Å². The van der Waals surface area contributed by atoms with E-state index in [0.29, 0.717) is 13.0 Å². The van der Waals surface area contributed by atoms with Gasteiger partial charge in [-0.2, -0.15) is 0 Å². The Morgan fingerprint density at radius 3 is 2.10 bits per heavy atom. The van der Waals surface area contributed by atoms with Gasteiger partial charge in [0, 0.05) is 17.5 Å². The molecule has 1 saturated heterocycles. The number of halogens is 1. The number of piperidine rings is 1. The number of carbonyl (C=O) groups is 1. The monoisotopic (exact) mass is 680 g/mol. The van der Waals surface area contributed by atoms with Gasteiger partial charge in [0.1, 0.15) is 11.5 Å². The highest BCUT2D eigenvalue weighted by molar-refractivity contribution is 5.85. The van der Waals surface area contributed by atoms with Gasteiger partial charge in [-0.15, -0.1) is 12.4 Å². The minimum Gasteiger partial charge on any atom is -0.497 e. The van der Waals surface area contributed by atoms with Crippen LogP contribution in [0.25, 0.3) is 0 Å². The normalized spacial score (nSPS) is 17.5. The van der Waals surface area contributed by atoms with Crippen LogP contribution in [0.1, 0.15) is 79.2 Å². The summed E-state index contributed by atoms with van der Waals surface area (Å²) in [4.78, 5) is 15.7. The van der Waals surface area contributed by atoms with E-state index in [-0.39, 0.29) is 29.3 Å². The summed E-state index contributed by atoms with van der Waals surface area (Å²) in [5, 5.41) is 3.21. The number of aryl methyl sites for hydroxylation is 1. The zero-order valence-corrected chi connectivity index (χ0v) is 30.1. The molecule has 5 nitrogen and oxygen atoms in total. The lowest BCUT2D eigenvalue weighted by atomic mass is 9.68. The van der Waals surface area contributed by atoms with Crippen molar-refractivity contribution in [1.29, 1.82) is 0 Å². The van der Waals surface area contributed by atoms with Gasteiger partial charge in [0.15, 0.2) is 0 Å². The van der Waals surface area contributed by atoms with Gasteiger partial charge in [0.25, 0.3) is 0 Å². The van der Waals surface area contributed by atoms with Gasteiger partial charge < -0.3 is 14.8 Å². The molecule has 1 atom stereocenters. The van der Waals surface area contributed by atoms with Crippen molar-refractivity contribution in [3.63, 3.8) is 0 Å². The Hall–Kier alpha value is -3.80. The topological polar surface area (TPSA) is 50.8 Å². The molecular formula is C43H53ClN2O3. The zero-order chi connectivity index (χ0) is 33.2. The van der Waals surface area contributed by atoms with Crippen molar-refractivity contribution in [3.05, 3.63) is 131 Å². The molecular weight excluding hydrogens is 628 g/mol. The number of nitrogens with zero attached hydrogens (tertiary/aromatic N) is 1. The molecule has 1 aliphatic heterocycles. The summed E-state index contributed by atoms with van der Waals surface area (Å²) in [6.45, 7) is 2.97. The highest BCUT2D eigenvalue weighted by Gasteiger charge is 2.41. The number of nitrogens with one attached hydrogen (secondary N) is 1. The van der Waals surface area contributed by atoms with Crippen LogP contribution in [0.3, 0.4) is 0 Å². The molecule has 0 bridgehead atoms. The molecule has 1 spiro atoms. The van der Waals surface area contributed by atoms with E-state index in [4.69, 9.17) is 9.47 Å². The number of ether oxygens (including phenoxy) is 2. The quantitative estimate of drug-likeness (QED) is 0.135. The second kappa shape index (κ2) is 17.2. The average molecular weight is 681 g/mol. The van der Waals surface area contributed by atoms with Crippen LogP contribution in [-0.4, -0.2) is 50.2 Å². The minimum absolute atomic E-state index is 0. The fraction of sp³-hybridized carbons (Fsp3) is 0.419. The second-order valence-corrected chi connectivity index (χ2v) is 13.9. The third-order valence-electron chi connectivity index (χ3n) is 11.1. The van der Waals surface area contributed by atoms with Crippen molar-refractivity contribution in [2.24, 2.45) is 0 Å². The van der Waals surface area contributed by atoms with Gasteiger partial charge in [0.2, 0.25) is 5.91 Å². The Kier molecular flexibility index (Phi) is 12.8. The Morgan fingerprint density at radius 2 is 1.43 bits per heavy atom. The summed E-state index contributed by atoms with van der Waals surface area (Å²) in [6.07, 6.45) is 11.9. The third-order valence-corrected chi connectivity index (χ3v) is 11.1. The number of hydrogen-bond donors (Lipinski definition) is 1. The van der Waals surface area contributed by atoms with Crippen molar-refractivity contribution in [2.45, 2.75) is 81.6 Å². The van der Waals surface area contributed by atoms with Crippen LogP contribution >= 0.6 is 12.4 Å².